The summed E-state index contributed by atoms with van der Waals surface area (Å²) < 4.78 is 4.73. The molecule has 2 rings (SSSR count). The van der Waals surface area contributed by atoms with Gasteiger partial charge in [-0.15, -0.1) is 11.3 Å². The minimum absolute atomic E-state index is 0.0650. The number of esters is 1. The lowest BCUT2D eigenvalue weighted by Crippen LogP contribution is -2.15. The summed E-state index contributed by atoms with van der Waals surface area (Å²) in [6.45, 7) is 1.87. The molecule has 0 fully saturated rings. The Balaban J connectivity index is 2.05. The Bertz CT molecular complexity index is 545. The molecule has 0 saturated carbocycles. The first-order valence-corrected chi connectivity index (χ1v) is 7.64. The van der Waals surface area contributed by atoms with Gasteiger partial charge < -0.3 is 10.1 Å². The van der Waals surface area contributed by atoms with Crippen LogP contribution >= 0.6 is 11.3 Å². The molecule has 0 unspecified atom stereocenters. The lowest BCUT2D eigenvalue weighted by Gasteiger charge is -2.13. The summed E-state index contributed by atoms with van der Waals surface area (Å²) in [4.78, 5) is 24.2. The zero-order valence-corrected chi connectivity index (χ0v) is 12.6. The first kappa shape index (κ1) is 14.8. The molecule has 1 aliphatic carbocycles. The van der Waals surface area contributed by atoms with Crippen LogP contribution in [0.5, 0.6) is 0 Å². The maximum absolute atomic E-state index is 12.1. The predicted molar refractivity (Wildman–Crippen MR) is 80.2 cm³/mol. The molecule has 0 saturated heterocycles. The fraction of sp³-hybridized carbons (Fsp3) is 0.467. The predicted octanol–water partition coefficient (Wildman–Crippen LogP) is 3.67. The van der Waals surface area contributed by atoms with E-state index in [1.165, 1.54) is 30.4 Å². The van der Waals surface area contributed by atoms with Gasteiger partial charge in [-0.3, -0.25) is 4.79 Å². The Hall–Kier alpha value is -1.62. The largest absolute Gasteiger partial charge is 0.465 e. The van der Waals surface area contributed by atoms with Crippen LogP contribution in [0, 0.1) is 6.92 Å². The van der Waals surface area contributed by atoms with Crippen LogP contribution in [0.1, 0.15) is 47.3 Å². The van der Waals surface area contributed by atoms with Gasteiger partial charge >= 0.3 is 5.97 Å². The third-order valence-electron chi connectivity index (χ3n) is 3.38. The van der Waals surface area contributed by atoms with Gasteiger partial charge in [-0.1, -0.05) is 11.6 Å². The highest BCUT2D eigenvalue weighted by molar-refractivity contribution is 7.12. The normalized spacial score (nSPS) is 14.6. The molecule has 108 valence electrons. The molecule has 0 aromatic carbocycles. The standard InChI is InChI=1S/C15H19NO3S/c1-10-9-20-14(15(18)19-2)13(10)16-12(17)8-11-6-4-3-5-7-11/h6,9H,3-5,7-8H2,1-2H3,(H,16,17). The summed E-state index contributed by atoms with van der Waals surface area (Å²) in [5.74, 6) is -0.472. The van der Waals surface area contributed by atoms with Gasteiger partial charge in [0.15, 0.2) is 0 Å². The van der Waals surface area contributed by atoms with Gasteiger partial charge in [0, 0.05) is 6.42 Å². The van der Waals surface area contributed by atoms with Crippen molar-refractivity contribution in [2.45, 2.75) is 39.0 Å². The fourth-order valence-electron chi connectivity index (χ4n) is 2.30. The van der Waals surface area contributed by atoms with E-state index in [0.717, 1.165) is 24.8 Å². The number of hydrogen-bond donors (Lipinski definition) is 1. The van der Waals surface area contributed by atoms with Crippen LogP contribution in [0.2, 0.25) is 0 Å². The molecule has 0 aliphatic heterocycles. The lowest BCUT2D eigenvalue weighted by molar-refractivity contribution is -0.115. The molecule has 1 aliphatic rings. The smallest absolute Gasteiger partial charge is 0.350 e. The second-order valence-electron chi connectivity index (χ2n) is 4.95. The molecular weight excluding hydrogens is 274 g/mol. The zero-order chi connectivity index (χ0) is 14.5. The minimum atomic E-state index is -0.407. The number of carbonyl (C=O) groups excluding carboxylic acids is 2. The van der Waals surface area contributed by atoms with Gasteiger partial charge in [-0.25, -0.2) is 4.79 Å². The average molecular weight is 293 g/mol. The fourth-order valence-corrected chi connectivity index (χ4v) is 3.22. The Labute approximate surface area is 122 Å². The van der Waals surface area contributed by atoms with Crippen molar-refractivity contribution in [1.29, 1.82) is 0 Å². The van der Waals surface area contributed by atoms with Crippen LogP contribution in [0.25, 0.3) is 0 Å². The van der Waals surface area contributed by atoms with E-state index in [0.29, 0.717) is 17.0 Å². The first-order valence-electron chi connectivity index (χ1n) is 6.76. The Morgan fingerprint density at radius 3 is 2.85 bits per heavy atom. The van der Waals surface area contributed by atoms with Crippen LogP contribution in [0.4, 0.5) is 5.69 Å². The molecular formula is C15H19NO3S. The average Bonchev–Trinajstić information content (AvgIpc) is 2.80. The number of nitrogens with one attached hydrogen (secondary N) is 1. The maximum Gasteiger partial charge on any atom is 0.350 e. The van der Waals surface area contributed by atoms with Gasteiger partial charge in [0.2, 0.25) is 5.91 Å². The SMILES string of the molecule is COC(=O)c1scc(C)c1NC(=O)CC1=CCCCC1. The van der Waals surface area contributed by atoms with Crippen LogP contribution in [0.15, 0.2) is 17.0 Å². The van der Waals surface area contributed by atoms with E-state index in [-0.39, 0.29) is 5.91 Å². The summed E-state index contributed by atoms with van der Waals surface area (Å²) in [5, 5.41) is 4.70. The first-order chi connectivity index (χ1) is 9.61. The summed E-state index contributed by atoms with van der Waals surface area (Å²) in [6, 6.07) is 0. The Kier molecular flexibility index (Phi) is 4.95. The van der Waals surface area contributed by atoms with Crippen molar-refractivity contribution in [3.05, 3.63) is 27.5 Å². The van der Waals surface area contributed by atoms with Crippen molar-refractivity contribution in [1.82, 2.24) is 0 Å². The zero-order valence-electron chi connectivity index (χ0n) is 11.8. The van der Waals surface area contributed by atoms with Gasteiger partial charge in [0.1, 0.15) is 4.88 Å². The van der Waals surface area contributed by atoms with Crippen LogP contribution in [-0.2, 0) is 9.53 Å². The van der Waals surface area contributed by atoms with Crippen molar-refractivity contribution in [2.24, 2.45) is 0 Å². The topological polar surface area (TPSA) is 55.4 Å². The quantitative estimate of drug-likeness (QED) is 0.680. The Morgan fingerprint density at radius 2 is 2.20 bits per heavy atom. The van der Waals surface area contributed by atoms with Gasteiger partial charge in [-0.2, -0.15) is 0 Å². The van der Waals surface area contributed by atoms with Crippen LogP contribution in [-0.4, -0.2) is 19.0 Å². The molecule has 5 heteroatoms. The van der Waals surface area contributed by atoms with E-state index >= 15 is 0 Å². The van der Waals surface area contributed by atoms with E-state index in [9.17, 15) is 9.59 Å². The van der Waals surface area contributed by atoms with E-state index in [2.05, 4.69) is 11.4 Å². The molecule has 1 N–H and O–H groups in total. The number of anilines is 1. The molecule has 1 amide bonds. The van der Waals surface area contributed by atoms with Crippen LogP contribution in [0.3, 0.4) is 0 Å². The van der Waals surface area contributed by atoms with E-state index in [1.54, 1.807) is 0 Å². The van der Waals surface area contributed by atoms with Gasteiger partial charge in [0.25, 0.3) is 0 Å². The second-order valence-corrected chi connectivity index (χ2v) is 5.83. The number of ether oxygens (including phenoxy) is 1. The maximum atomic E-state index is 12.1. The van der Waals surface area contributed by atoms with Crippen molar-refractivity contribution >= 4 is 28.9 Å². The van der Waals surface area contributed by atoms with E-state index in [4.69, 9.17) is 4.74 Å². The number of methoxy groups -OCH3 is 1. The second kappa shape index (κ2) is 6.70. The van der Waals surface area contributed by atoms with Crippen LogP contribution < -0.4 is 5.32 Å². The molecule has 0 atom stereocenters. The molecule has 1 aromatic heterocycles. The summed E-state index contributed by atoms with van der Waals surface area (Å²) in [5.41, 5.74) is 2.67. The molecule has 0 bridgehead atoms. The molecule has 0 spiro atoms. The number of hydrogen-bond acceptors (Lipinski definition) is 4. The highest BCUT2D eigenvalue weighted by Crippen LogP contribution is 2.29. The molecule has 20 heavy (non-hydrogen) atoms. The third-order valence-corrected chi connectivity index (χ3v) is 4.46. The highest BCUT2D eigenvalue weighted by atomic mass is 32.1. The Morgan fingerprint density at radius 1 is 1.40 bits per heavy atom. The van der Waals surface area contributed by atoms with Crippen molar-refractivity contribution in [3.8, 4) is 0 Å². The van der Waals surface area contributed by atoms with Crippen molar-refractivity contribution in [3.63, 3.8) is 0 Å². The van der Waals surface area contributed by atoms with Crippen molar-refractivity contribution in [2.75, 3.05) is 12.4 Å². The number of aryl methyl sites for hydroxylation is 1. The van der Waals surface area contributed by atoms with Gasteiger partial charge in [-0.05, 0) is 43.6 Å². The van der Waals surface area contributed by atoms with Crippen molar-refractivity contribution < 1.29 is 14.3 Å². The lowest BCUT2D eigenvalue weighted by atomic mass is 9.97. The molecule has 1 aromatic rings. The van der Waals surface area contributed by atoms with E-state index < -0.39 is 5.97 Å². The number of thiophene rings is 1. The molecule has 1 heterocycles. The van der Waals surface area contributed by atoms with E-state index in [1.807, 2.05) is 12.3 Å². The highest BCUT2D eigenvalue weighted by Gasteiger charge is 2.19. The minimum Gasteiger partial charge on any atom is -0.465 e. The number of amides is 1. The number of rotatable bonds is 4. The third kappa shape index (κ3) is 3.48. The summed E-state index contributed by atoms with van der Waals surface area (Å²) in [6.07, 6.45) is 7.00. The van der Waals surface area contributed by atoms with Gasteiger partial charge in [0.05, 0.1) is 12.8 Å². The number of allylic oxidation sites excluding steroid dienone is 1. The number of carbonyl (C=O) groups is 2. The summed E-state index contributed by atoms with van der Waals surface area (Å²) >= 11 is 1.29. The molecule has 0 radical (unpaired) electrons. The summed E-state index contributed by atoms with van der Waals surface area (Å²) in [7, 11) is 1.34. The molecule has 4 nitrogen and oxygen atoms in total. The monoisotopic (exact) mass is 293 g/mol.